The van der Waals surface area contributed by atoms with Crippen molar-refractivity contribution in [3.05, 3.63) is 29.7 Å². The molecule has 2 aromatic rings. The van der Waals surface area contributed by atoms with E-state index >= 15 is 0 Å². The van der Waals surface area contributed by atoms with Crippen molar-refractivity contribution < 1.29 is 9.21 Å². The number of anilines is 1. The number of amides is 1. The van der Waals surface area contributed by atoms with Crippen LogP contribution < -0.4 is 15.5 Å². The van der Waals surface area contributed by atoms with Gasteiger partial charge >= 0.3 is 0 Å². The van der Waals surface area contributed by atoms with Gasteiger partial charge in [0.2, 0.25) is 5.91 Å². The summed E-state index contributed by atoms with van der Waals surface area (Å²) in [7, 11) is 0. The van der Waals surface area contributed by atoms with Crippen LogP contribution in [0.2, 0.25) is 0 Å². The van der Waals surface area contributed by atoms with Gasteiger partial charge in [-0.2, -0.15) is 0 Å². The minimum atomic E-state index is 0.0221. The number of fused-ring (bicyclic) bond motifs is 1. The second kappa shape index (κ2) is 6.84. The number of nitrogens with zero attached hydrogens (tertiary/aromatic N) is 3. The van der Waals surface area contributed by atoms with E-state index in [1.165, 1.54) is 5.56 Å². The average molecular weight is 341 g/mol. The van der Waals surface area contributed by atoms with Crippen LogP contribution in [0.5, 0.6) is 0 Å². The van der Waals surface area contributed by atoms with Crippen LogP contribution in [0.4, 0.5) is 5.82 Å². The first-order valence-corrected chi connectivity index (χ1v) is 8.87. The van der Waals surface area contributed by atoms with Gasteiger partial charge < -0.3 is 20.0 Å². The molecule has 2 aliphatic heterocycles. The first-order valence-electron chi connectivity index (χ1n) is 8.87. The number of rotatable bonds is 3. The molecule has 1 atom stereocenters. The van der Waals surface area contributed by atoms with E-state index < -0.39 is 0 Å². The van der Waals surface area contributed by atoms with Gasteiger partial charge in [-0.05, 0) is 31.5 Å². The molecule has 0 spiro atoms. The molecule has 0 aromatic carbocycles. The van der Waals surface area contributed by atoms with Crippen LogP contribution in [-0.2, 0) is 17.6 Å². The highest BCUT2D eigenvalue weighted by atomic mass is 16.3. The molecule has 25 heavy (non-hydrogen) atoms. The van der Waals surface area contributed by atoms with Gasteiger partial charge in [0.15, 0.2) is 11.6 Å². The van der Waals surface area contributed by atoms with Gasteiger partial charge in [0.05, 0.1) is 12.0 Å². The maximum atomic E-state index is 11.4. The summed E-state index contributed by atoms with van der Waals surface area (Å²) < 4.78 is 5.52. The summed E-state index contributed by atoms with van der Waals surface area (Å²) in [5.41, 5.74) is 2.33. The van der Waals surface area contributed by atoms with E-state index in [1.54, 1.807) is 13.2 Å². The van der Waals surface area contributed by atoms with Gasteiger partial charge in [0.25, 0.3) is 0 Å². The normalized spacial score (nSPS) is 20.2. The van der Waals surface area contributed by atoms with E-state index in [9.17, 15) is 4.79 Å². The summed E-state index contributed by atoms with van der Waals surface area (Å²) in [4.78, 5) is 23.3. The minimum absolute atomic E-state index is 0.0221. The highest BCUT2D eigenvalue weighted by Crippen LogP contribution is 2.29. The summed E-state index contributed by atoms with van der Waals surface area (Å²) in [5.74, 6) is 2.35. The Morgan fingerprint density at radius 1 is 1.36 bits per heavy atom. The van der Waals surface area contributed by atoms with Crippen LogP contribution in [0, 0.1) is 0 Å². The van der Waals surface area contributed by atoms with Crippen molar-refractivity contribution in [1.29, 1.82) is 0 Å². The molecule has 0 bridgehead atoms. The van der Waals surface area contributed by atoms with Crippen molar-refractivity contribution in [2.75, 3.05) is 31.1 Å². The summed E-state index contributed by atoms with van der Waals surface area (Å²) in [5, 5.41) is 6.46. The summed E-state index contributed by atoms with van der Waals surface area (Å²) in [6.45, 7) is 5.11. The third kappa shape index (κ3) is 3.37. The topological polar surface area (TPSA) is 83.3 Å². The maximum absolute atomic E-state index is 11.4. The number of furan rings is 1. The molecule has 2 aromatic heterocycles. The predicted molar refractivity (Wildman–Crippen MR) is 94.4 cm³/mol. The van der Waals surface area contributed by atoms with Gasteiger partial charge in [-0.25, -0.2) is 9.97 Å². The number of carbonyl (C=O) groups excluding carboxylic acids is 1. The highest BCUT2D eigenvalue weighted by Gasteiger charge is 2.28. The maximum Gasteiger partial charge on any atom is 0.217 e. The van der Waals surface area contributed by atoms with E-state index in [0.29, 0.717) is 11.6 Å². The molecule has 0 unspecified atom stereocenters. The molecule has 4 heterocycles. The van der Waals surface area contributed by atoms with E-state index in [1.807, 2.05) is 12.1 Å². The predicted octanol–water partition coefficient (Wildman–Crippen LogP) is 1.14. The Kier molecular flexibility index (Phi) is 4.40. The number of hydrogen-bond acceptors (Lipinski definition) is 6. The lowest BCUT2D eigenvalue weighted by Crippen LogP contribution is -2.36. The standard InChI is InChI=1S/C18H23N5O2/c1-12(24)20-13-6-9-23(11-13)18-14-4-7-19-8-5-15(14)21-17(22-18)16-3-2-10-25-16/h2-3,10,13,19H,4-9,11H2,1H3,(H,20,24)/t13-/m1/s1. The zero-order valence-corrected chi connectivity index (χ0v) is 14.4. The average Bonchev–Trinajstić information content (AvgIpc) is 3.21. The first kappa shape index (κ1) is 16.1. The zero-order valence-electron chi connectivity index (χ0n) is 14.4. The lowest BCUT2D eigenvalue weighted by atomic mass is 10.1. The van der Waals surface area contributed by atoms with Gasteiger partial charge in [-0.1, -0.05) is 0 Å². The first-order chi connectivity index (χ1) is 12.2. The Morgan fingerprint density at radius 3 is 3.04 bits per heavy atom. The largest absolute Gasteiger partial charge is 0.461 e. The van der Waals surface area contributed by atoms with Crippen LogP contribution in [-0.4, -0.2) is 48.1 Å². The number of aromatic nitrogens is 2. The van der Waals surface area contributed by atoms with Gasteiger partial charge in [0, 0.05) is 44.6 Å². The van der Waals surface area contributed by atoms with E-state index in [0.717, 1.165) is 57.0 Å². The third-order valence-corrected chi connectivity index (χ3v) is 4.80. The Labute approximate surface area is 146 Å². The zero-order chi connectivity index (χ0) is 17.2. The molecule has 7 heteroatoms. The molecule has 7 nitrogen and oxygen atoms in total. The number of nitrogens with one attached hydrogen (secondary N) is 2. The lowest BCUT2D eigenvalue weighted by Gasteiger charge is -2.22. The molecule has 0 saturated carbocycles. The molecule has 1 saturated heterocycles. The van der Waals surface area contributed by atoms with E-state index in [-0.39, 0.29) is 11.9 Å². The van der Waals surface area contributed by atoms with Crippen molar-refractivity contribution in [3.63, 3.8) is 0 Å². The van der Waals surface area contributed by atoms with Crippen molar-refractivity contribution >= 4 is 11.7 Å². The Hall–Kier alpha value is -2.41. The quantitative estimate of drug-likeness (QED) is 0.871. The number of hydrogen-bond donors (Lipinski definition) is 2. The second-order valence-electron chi connectivity index (χ2n) is 6.66. The van der Waals surface area contributed by atoms with Gasteiger partial charge in [-0.3, -0.25) is 4.79 Å². The Bertz CT molecular complexity index is 759. The fraction of sp³-hybridized carbons (Fsp3) is 0.500. The molecule has 1 amide bonds. The molecular weight excluding hydrogens is 318 g/mol. The van der Waals surface area contributed by atoms with Crippen LogP contribution in [0.25, 0.3) is 11.6 Å². The fourth-order valence-electron chi connectivity index (χ4n) is 3.66. The fourth-order valence-corrected chi connectivity index (χ4v) is 3.66. The third-order valence-electron chi connectivity index (χ3n) is 4.80. The van der Waals surface area contributed by atoms with Gasteiger partial charge in [-0.15, -0.1) is 0 Å². The van der Waals surface area contributed by atoms with Crippen LogP contribution in [0.1, 0.15) is 24.6 Å². The van der Waals surface area contributed by atoms with Crippen LogP contribution in [0.15, 0.2) is 22.8 Å². The monoisotopic (exact) mass is 341 g/mol. The Morgan fingerprint density at radius 2 is 2.24 bits per heavy atom. The van der Waals surface area contributed by atoms with Crippen molar-refractivity contribution in [2.45, 2.75) is 32.2 Å². The molecule has 0 radical (unpaired) electrons. The summed E-state index contributed by atoms with van der Waals surface area (Å²) >= 11 is 0. The molecule has 132 valence electrons. The SMILES string of the molecule is CC(=O)N[C@@H]1CCN(c2nc(-c3ccco3)nc3c2CCNCC3)C1. The lowest BCUT2D eigenvalue weighted by molar-refractivity contribution is -0.119. The number of carbonyl (C=O) groups is 1. The van der Waals surface area contributed by atoms with E-state index in [4.69, 9.17) is 14.4 Å². The highest BCUT2D eigenvalue weighted by molar-refractivity contribution is 5.73. The summed E-state index contributed by atoms with van der Waals surface area (Å²) in [6, 6.07) is 3.93. The van der Waals surface area contributed by atoms with Crippen LogP contribution in [0.3, 0.4) is 0 Å². The Balaban J connectivity index is 1.70. The second-order valence-corrected chi connectivity index (χ2v) is 6.66. The molecular formula is C18H23N5O2. The molecule has 1 fully saturated rings. The smallest absolute Gasteiger partial charge is 0.217 e. The molecule has 0 aliphatic carbocycles. The molecule has 4 rings (SSSR count). The molecule has 2 aliphatic rings. The van der Waals surface area contributed by atoms with Crippen molar-refractivity contribution in [1.82, 2.24) is 20.6 Å². The van der Waals surface area contributed by atoms with Crippen molar-refractivity contribution in [3.8, 4) is 11.6 Å². The molecule has 2 N–H and O–H groups in total. The van der Waals surface area contributed by atoms with Crippen molar-refractivity contribution in [2.24, 2.45) is 0 Å². The van der Waals surface area contributed by atoms with Gasteiger partial charge in [0.1, 0.15) is 5.82 Å². The summed E-state index contributed by atoms with van der Waals surface area (Å²) in [6.07, 6.45) is 4.40. The van der Waals surface area contributed by atoms with Crippen LogP contribution >= 0.6 is 0 Å². The van der Waals surface area contributed by atoms with E-state index in [2.05, 4.69) is 15.5 Å². The minimum Gasteiger partial charge on any atom is -0.461 e.